The first-order valence-corrected chi connectivity index (χ1v) is 8.82. The largest absolute Gasteiger partial charge is 0.454 e. The molecule has 2 heterocycles. The molecule has 0 spiro atoms. The van der Waals surface area contributed by atoms with Crippen LogP contribution in [-0.4, -0.2) is 42.5 Å². The van der Waals surface area contributed by atoms with Gasteiger partial charge in [0.05, 0.1) is 17.8 Å². The molecule has 0 radical (unpaired) electrons. The number of hydrogen-bond acceptors (Lipinski definition) is 5. The summed E-state index contributed by atoms with van der Waals surface area (Å²) in [6.45, 7) is 2.86. The Morgan fingerprint density at radius 3 is 2.85 bits per heavy atom. The molecule has 0 saturated heterocycles. The van der Waals surface area contributed by atoms with Crippen LogP contribution < -0.4 is 9.47 Å². The van der Waals surface area contributed by atoms with E-state index in [0.717, 1.165) is 11.3 Å². The lowest BCUT2D eigenvalue weighted by Gasteiger charge is -2.23. The summed E-state index contributed by atoms with van der Waals surface area (Å²) in [5.74, 6) is 0.521. The van der Waals surface area contributed by atoms with Crippen molar-refractivity contribution in [1.82, 2.24) is 4.90 Å². The van der Waals surface area contributed by atoms with Crippen molar-refractivity contribution in [2.45, 2.75) is 19.4 Å². The van der Waals surface area contributed by atoms with Crippen molar-refractivity contribution in [2.24, 2.45) is 5.16 Å². The lowest BCUT2D eigenvalue weighted by Crippen LogP contribution is -2.38. The Bertz CT molecular complexity index is 899. The second-order valence-electron chi connectivity index (χ2n) is 6.36. The topological polar surface area (TPSA) is 60.4 Å². The summed E-state index contributed by atoms with van der Waals surface area (Å²) < 4.78 is 24.6. The molecule has 2 aliphatic rings. The molecule has 0 saturated carbocycles. The Morgan fingerprint density at radius 2 is 2.04 bits per heavy atom. The monoisotopic (exact) mass is 370 g/mol. The van der Waals surface area contributed by atoms with Crippen LogP contribution in [0.2, 0.25) is 0 Å². The standard InChI is InChI=1S/C20H19FN2O4/c1-2-23(20(24)15-5-3-4-6-16(15)21)11-14-10-17(22-27-14)13-7-8-18-19(9-13)26-12-25-18/h3-9,14H,2,10-12H2,1H3. The number of carbonyl (C=O) groups excluding carboxylic acids is 1. The van der Waals surface area contributed by atoms with Crippen LogP contribution in [0.4, 0.5) is 4.39 Å². The van der Waals surface area contributed by atoms with Gasteiger partial charge in [-0.15, -0.1) is 0 Å². The van der Waals surface area contributed by atoms with Gasteiger partial charge >= 0.3 is 0 Å². The predicted octanol–water partition coefficient (Wildman–Crippen LogP) is 3.21. The molecule has 7 heteroatoms. The maximum absolute atomic E-state index is 13.9. The van der Waals surface area contributed by atoms with Crippen LogP contribution in [-0.2, 0) is 4.84 Å². The summed E-state index contributed by atoms with van der Waals surface area (Å²) in [5.41, 5.74) is 1.74. The molecule has 1 atom stereocenters. The molecule has 1 unspecified atom stereocenters. The second-order valence-corrected chi connectivity index (χ2v) is 6.36. The Balaban J connectivity index is 1.42. The van der Waals surface area contributed by atoms with Crippen molar-refractivity contribution >= 4 is 11.6 Å². The molecular weight excluding hydrogens is 351 g/mol. The van der Waals surface area contributed by atoms with Gasteiger partial charge in [0.15, 0.2) is 17.6 Å². The Labute approximate surface area is 156 Å². The predicted molar refractivity (Wildman–Crippen MR) is 96.6 cm³/mol. The van der Waals surface area contributed by atoms with E-state index in [1.807, 2.05) is 25.1 Å². The third-order valence-electron chi connectivity index (χ3n) is 4.64. The molecule has 6 nitrogen and oxygen atoms in total. The molecule has 0 fully saturated rings. The van der Waals surface area contributed by atoms with Crippen molar-refractivity contribution in [1.29, 1.82) is 0 Å². The van der Waals surface area contributed by atoms with Gasteiger partial charge in [-0.1, -0.05) is 17.3 Å². The third kappa shape index (κ3) is 3.45. The zero-order valence-electron chi connectivity index (χ0n) is 14.9. The van der Waals surface area contributed by atoms with Crippen molar-refractivity contribution in [3.8, 4) is 11.5 Å². The lowest BCUT2D eigenvalue weighted by molar-refractivity contribution is 0.0433. The van der Waals surface area contributed by atoms with E-state index >= 15 is 0 Å². The van der Waals surface area contributed by atoms with E-state index in [1.54, 1.807) is 17.0 Å². The number of oxime groups is 1. The summed E-state index contributed by atoms with van der Waals surface area (Å²) in [4.78, 5) is 19.7. The van der Waals surface area contributed by atoms with Crippen LogP contribution >= 0.6 is 0 Å². The smallest absolute Gasteiger partial charge is 0.256 e. The Kier molecular flexibility index (Phi) is 4.66. The molecule has 1 amide bonds. The number of carbonyl (C=O) groups is 1. The third-order valence-corrected chi connectivity index (χ3v) is 4.64. The quantitative estimate of drug-likeness (QED) is 0.811. The fourth-order valence-electron chi connectivity index (χ4n) is 3.18. The average molecular weight is 370 g/mol. The average Bonchev–Trinajstić information content (AvgIpc) is 3.34. The van der Waals surface area contributed by atoms with E-state index < -0.39 is 5.82 Å². The second kappa shape index (κ2) is 7.26. The minimum atomic E-state index is -0.523. The maximum atomic E-state index is 13.9. The van der Waals surface area contributed by atoms with Crippen LogP contribution in [0.25, 0.3) is 0 Å². The number of halogens is 1. The highest BCUT2D eigenvalue weighted by Crippen LogP contribution is 2.33. The minimum absolute atomic E-state index is 0.0641. The first kappa shape index (κ1) is 17.3. The number of nitrogens with zero attached hydrogens (tertiary/aromatic N) is 2. The molecule has 2 aromatic rings. The number of hydrogen-bond donors (Lipinski definition) is 0. The van der Waals surface area contributed by atoms with Crippen molar-refractivity contribution in [3.05, 3.63) is 59.4 Å². The number of amides is 1. The lowest BCUT2D eigenvalue weighted by atomic mass is 10.0. The van der Waals surface area contributed by atoms with E-state index in [0.29, 0.717) is 31.0 Å². The van der Waals surface area contributed by atoms with Gasteiger partial charge in [0.1, 0.15) is 5.82 Å². The Hall–Kier alpha value is -3.09. The molecule has 27 heavy (non-hydrogen) atoms. The van der Waals surface area contributed by atoms with Crippen LogP contribution in [0.15, 0.2) is 47.6 Å². The van der Waals surface area contributed by atoms with Crippen LogP contribution in [0.3, 0.4) is 0 Å². The van der Waals surface area contributed by atoms with Gasteiger partial charge in [0.2, 0.25) is 6.79 Å². The minimum Gasteiger partial charge on any atom is -0.454 e. The summed E-state index contributed by atoms with van der Waals surface area (Å²) in [6, 6.07) is 11.6. The van der Waals surface area contributed by atoms with Crippen molar-refractivity contribution in [2.75, 3.05) is 19.9 Å². The highest BCUT2D eigenvalue weighted by atomic mass is 19.1. The number of fused-ring (bicyclic) bond motifs is 1. The van der Waals surface area contributed by atoms with Gasteiger partial charge < -0.3 is 19.2 Å². The van der Waals surface area contributed by atoms with E-state index in [9.17, 15) is 9.18 Å². The van der Waals surface area contributed by atoms with Gasteiger partial charge in [0, 0.05) is 18.5 Å². The fourth-order valence-corrected chi connectivity index (χ4v) is 3.18. The van der Waals surface area contributed by atoms with Crippen LogP contribution in [0.1, 0.15) is 29.3 Å². The molecule has 2 aromatic carbocycles. The van der Waals surface area contributed by atoms with E-state index in [1.165, 1.54) is 12.1 Å². The summed E-state index contributed by atoms with van der Waals surface area (Å²) in [5, 5.41) is 4.16. The first-order chi connectivity index (χ1) is 13.2. The molecule has 0 aromatic heterocycles. The maximum Gasteiger partial charge on any atom is 0.256 e. The Morgan fingerprint density at radius 1 is 1.22 bits per heavy atom. The number of benzene rings is 2. The first-order valence-electron chi connectivity index (χ1n) is 8.82. The molecular formula is C20H19FN2O4. The van der Waals surface area contributed by atoms with E-state index in [-0.39, 0.29) is 24.4 Å². The molecule has 2 aliphatic heterocycles. The fraction of sp³-hybridized carbons (Fsp3) is 0.300. The van der Waals surface area contributed by atoms with Crippen molar-refractivity contribution < 1.29 is 23.5 Å². The number of rotatable bonds is 5. The van der Waals surface area contributed by atoms with Crippen molar-refractivity contribution in [3.63, 3.8) is 0 Å². The van der Waals surface area contributed by atoms with Crippen LogP contribution in [0.5, 0.6) is 11.5 Å². The van der Waals surface area contributed by atoms with E-state index in [4.69, 9.17) is 14.3 Å². The normalized spacial score (nSPS) is 17.4. The summed E-state index contributed by atoms with van der Waals surface area (Å²) in [6.07, 6.45) is 0.279. The van der Waals surface area contributed by atoms with Gasteiger partial charge in [-0.25, -0.2) is 4.39 Å². The molecule has 0 aliphatic carbocycles. The molecule has 0 bridgehead atoms. The highest BCUT2D eigenvalue weighted by molar-refractivity contribution is 6.02. The van der Waals surface area contributed by atoms with Gasteiger partial charge in [-0.3, -0.25) is 4.79 Å². The van der Waals surface area contributed by atoms with E-state index in [2.05, 4.69) is 5.16 Å². The summed E-state index contributed by atoms with van der Waals surface area (Å²) in [7, 11) is 0. The highest BCUT2D eigenvalue weighted by Gasteiger charge is 2.28. The van der Waals surface area contributed by atoms with Gasteiger partial charge in [-0.2, -0.15) is 0 Å². The number of ether oxygens (including phenoxy) is 2. The molecule has 0 N–H and O–H groups in total. The molecule has 4 rings (SSSR count). The van der Waals surface area contributed by atoms with Crippen LogP contribution in [0, 0.1) is 5.82 Å². The SMILES string of the molecule is CCN(CC1CC(c2ccc3c(c2)OCO3)=NO1)C(=O)c1ccccc1F. The zero-order valence-corrected chi connectivity index (χ0v) is 14.9. The van der Waals surface area contributed by atoms with Gasteiger partial charge in [-0.05, 0) is 37.3 Å². The van der Waals surface area contributed by atoms with Gasteiger partial charge in [0.25, 0.3) is 5.91 Å². The molecule has 140 valence electrons. The zero-order chi connectivity index (χ0) is 18.8. The number of likely N-dealkylation sites (N-methyl/N-ethyl adjacent to an activating group) is 1. The summed E-state index contributed by atoms with van der Waals surface area (Å²) >= 11 is 0.